The predicted octanol–water partition coefficient (Wildman–Crippen LogP) is -4.74. The molecule has 0 aromatic heterocycles. The Morgan fingerprint density at radius 1 is 0.895 bits per heavy atom. The van der Waals surface area contributed by atoms with Gasteiger partial charge in [-0.25, -0.2) is 0 Å². The van der Waals surface area contributed by atoms with Crippen LogP contribution in [-0.4, -0.2) is 75.3 Å². The highest BCUT2D eigenvalue weighted by Gasteiger charge is 2.38. The summed E-state index contributed by atoms with van der Waals surface area (Å²) in [5.41, 5.74) is 1.03. The van der Waals surface area contributed by atoms with Gasteiger partial charge in [-0.3, -0.25) is 0 Å². The standard InChI is InChI=1S/C13H28N3O.2HI/c1-15(2,3)9-11-7-8-12(13(11)14-17)10-16(4,5)6;;/h11-12H,7-10H2,1-6H3;2*1H/q+1;;/p-1. The van der Waals surface area contributed by atoms with Gasteiger partial charge in [0.15, 0.2) is 0 Å². The molecule has 116 valence electrons. The molecular weight excluding hydrogens is 468 g/mol. The normalized spacial score (nSPS) is 23.6. The summed E-state index contributed by atoms with van der Waals surface area (Å²) >= 11 is 0. The van der Waals surface area contributed by atoms with E-state index in [1.54, 1.807) is 0 Å². The first-order valence-electron chi connectivity index (χ1n) is 6.45. The van der Waals surface area contributed by atoms with Gasteiger partial charge < -0.3 is 62.1 Å². The van der Waals surface area contributed by atoms with Crippen LogP contribution in [0.15, 0.2) is 5.16 Å². The van der Waals surface area contributed by atoms with Gasteiger partial charge in [0.25, 0.3) is 0 Å². The molecule has 1 aliphatic carbocycles. The molecule has 2 unspecified atom stereocenters. The first-order valence-corrected chi connectivity index (χ1v) is 6.45. The van der Waals surface area contributed by atoms with E-state index < -0.39 is 0 Å². The third-order valence-electron chi connectivity index (χ3n) is 3.35. The Bertz CT molecular complexity index is 269. The van der Waals surface area contributed by atoms with Crippen molar-refractivity contribution in [1.82, 2.24) is 0 Å². The second-order valence-corrected chi connectivity index (χ2v) is 7.44. The first-order chi connectivity index (χ1) is 7.62. The van der Waals surface area contributed by atoms with Gasteiger partial charge in [0.05, 0.1) is 72.9 Å². The molecule has 1 rings (SSSR count). The molecule has 0 heterocycles. The van der Waals surface area contributed by atoms with Crippen molar-refractivity contribution in [2.24, 2.45) is 17.0 Å². The third kappa shape index (κ3) is 8.01. The Morgan fingerprint density at radius 2 is 1.21 bits per heavy atom. The molecular formula is C13H29I2N3O. The van der Waals surface area contributed by atoms with E-state index in [-0.39, 0.29) is 48.0 Å². The van der Waals surface area contributed by atoms with Crippen LogP contribution in [-0.2, 0) is 0 Å². The summed E-state index contributed by atoms with van der Waals surface area (Å²) in [5.74, 6) is 0.910. The smallest absolute Gasteiger partial charge is 0.0863 e. The average Bonchev–Trinajstić information content (AvgIpc) is 2.41. The highest BCUT2D eigenvalue weighted by Crippen LogP contribution is 2.30. The topological polar surface area (TPSA) is 32.6 Å². The van der Waals surface area contributed by atoms with Gasteiger partial charge in [-0.15, -0.1) is 0 Å². The maximum absolute atomic E-state index is 9.27. The molecule has 0 bridgehead atoms. The minimum Gasteiger partial charge on any atom is -1.00 e. The SMILES string of the molecule is C[N+](C)(C)CC1CCC(C[N+](C)(C)C)C1=NO.[I-].[I-]. The number of hydrogen-bond acceptors (Lipinski definition) is 2. The Hall–Kier alpha value is 0.850. The van der Waals surface area contributed by atoms with Crippen LogP contribution in [0.3, 0.4) is 0 Å². The molecule has 0 saturated heterocycles. The number of halogens is 2. The number of rotatable bonds is 4. The molecule has 0 aromatic rings. The number of hydrogen-bond donors (Lipinski definition) is 1. The molecule has 1 N–H and O–H groups in total. The predicted molar refractivity (Wildman–Crippen MR) is 71.2 cm³/mol. The van der Waals surface area contributed by atoms with Crippen molar-refractivity contribution < 1.29 is 62.1 Å². The van der Waals surface area contributed by atoms with Crippen molar-refractivity contribution >= 4 is 5.71 Å². The van der Waals surface area contributed by atoms with E-state index in [2.05, 4.69) is 47.4 Å². The van der Waals surface area contributed by atoms with Gasteiger partial charge in [-0.05, 0) is 12.8 Å². The minimum absolute atomic E-state index is 0. The van der Waals surface area contributed by atoms with Crippen molar-refractivity contribution in [2.75, 3.05) is 55.4 Å². The van der Waals surface area contributed by atoms with Crippen LogP contribution in [0, 0.1) is 11.8 Å². The fraction of sp³-hybridized carbons (Fsp3) is 0.923. The molecule has 0 aromatic carbocycles. The van der Waals surface area contributed by atoms with E-state index in [0.717, 1.165) is 27.8 Å². The number of nitrogens with zero attached hydrogens (tertiary/aromatic N) is 3. The molecule has 0 spiro atoms. The minimum atomic E-state index is 0. The monoisotopic (exact) mass is 497 g/mol. The lowest BCUT2D eigenvalue weighted by molar-refractivity contribution is -0.873. The fourth-order valence-electron chi connectivity index (χ4n) is 2.89. The van der Waals surface area contributed by atoms with E-state index >= 15 is 0 Å². The second-order valence-electron chi connectivity index (χ2n) is 7.44. The number of quaternary nitrogens is 2. The summed E-state index contributed by atoms with van der Waals surface area (Å²) in [6.45, 7) is 2.13. The quantitative estimate of drug-likeness (QED) is 0.180. The Labute approximate surface area is 152 Å². The van der Waals surface area contributed by atoms with Crippen LogP contribution >= 0.6 is 0 Å². The van der Waals surface area contributed by atoms with Crippen LogP contribution in [0.1, 0.15) is 12.8 Å². The lowest BCUT2D eigenvalue weighted by Crippen LogP contribution is -3.00. The molecule has 1 saturated carbocycles. The average molecular weight is 497 g/mol. The lowest BCUT2D eigenvalue weighted by atomic mass is 10.00. The Balaban J connectivity index is 0. The summed E-state index contributed by atoms with van der Waals surface area (Å²) < 4.78 is 1.86. The van der Waals surface area contributed by atoms with Crippen molar-refractivity contribution in [1.29, 1.82) is 0 Å². The van der Waals surface area contributed by atoms with E-state index in [9.17, 15) is 5.21 Å². The molecule has 6 heteroatoms. The van der Waals surface area contributed by atoms with Crippen LogP contribution in [0.4, 0.5) is 0 Å². The van der Waals surface area contributed by atoms with Gasteiger partial charge in [0.1, 0.15) is 0 Å². The van der Waals surface area contributed by atoms with Crippen molar-refractivity contribution in [3.63, 3.8) is 0 Å². The molecule has 4 nitrogen and oxygen atoms in total. The van der Waals surface area contributed by atoms with Crippen LogP contribution in [0.2, 0.25) is 0 Å². The maximum Gasteiger partial charge on any atom is 0.0863 e. The largest absolute Gasteiger partial charge is 1.00 e. The van der Waals surface area contributed by atoms with Crippen molar-refractivity contribution in [3.05, 3.63) is 0 Å². The zero-order chi connectivity index (χ0) is 13.3. The molecule has 0 radical (unpaired) electrons. The van der Waals surface area contributed by atoms with Gasteiger partial charge in [-0.1, -0.05) is 5.16 Å². The zero-order valence-corrected chi connectivity index (χ0v) is 17.3. The molecule has 19 heavy (non-hydrogen) atoms. The van der Waals surface area contributed by atoms with Gasteiger partial charge in [0.2, 0.25) is 0 Å². The molecule has 0 amide bonds. The molecule has 2 atom stereocenters. The van der Waals surface area contributed by atoms with Crippen molar-refractivity contribution in [2.45, 2.75) is 12.8 Å². The number of oxime groups is 1. The van der Waals surface area contributed by atoms with Gasteiger partial charge in [-0.2, -0.15) is 0 Å². The first kappa shape index (κ1) is 22.1. The summed E-state index contributed by atoms with van der Waals surface area (Å²) in [6.07, 6.45) is 2.33. The molecule has 1 fully saturated rings. The van der Waals surface area contributed by atoms with E-state index in [0.29, 0.717) is 11.8 Å². The Kier molecular flexibility index (Phi) is 9.71. The summed E-state index contributed by atoms with van der Waals surface area (Å²) in [4.78, 5) is 0. The van der Waals surface area contributed by atoms with Crippen molar-refractivity contribution in [3.8, 4) is 0 Å². The van der Waals surface area contributed by atoms with Gasteiger partial charge >= 0.3 is 0 Å². The highest BCUT2D eigenvalue weighted by molar-refractivity contribution is 5.90. The molecule has 0 aliphatic heterocycles. The van der Waals surface area contributed by atoms with Gasteiger partial charge in [0, 0.05) is 0 Å². The summed E-state index contributed by atoms with van der Waals surface area (Å²) in [7, 11) is 13.2. The zero-order valence-electron chi connectivity index (χ0n) is 13.0. The summed E-state index contributed by atoms with van der Waals surface area (Å²) in [5, 5.41) is 12.9. The fourth-order valence-corrected chi connectivity index (χ4v) is 2.89. The van der Waals surface area contributed by atoms with E-state index in [4.69, 9.17) is 0 Å². The maximum atomic E-state index is 9.27. The van der Waals surface area contributed by atoms with E-state index in [1.165, 1.54) is 12.8 Å². The summed E-state index contributed by atoms with van der Waals surface area (Å²) in [6, 6.07) is 0. The van der Waals surface area contributed by atoms with E-state index in [1.807, 2.05) is 0 Å². The van der Waals surface area contributed by atoms with Crippen LogP contribution in [0.5, 0.6) is 0 Å². The second kappa shape index (κ2) is 8.33. The highest BCUT2D eigenvalue weighted by atomic mass is 127. The lowest BCUT2D eigenvalue weighted by Gasteiger charge is -2.29. The third-order valence-corrected chi connectivity index (χ3v) is 3.35. The molecule has 1 aliphatic rings. The Morgan fingerprint density at radius 3 is 1.42 bits per heavy atom. The van der Waals surface area contributed by atoms with Crippen LogP contribution < -0.4 is 48.0 Å². The van der Waals surface area contributed by atoms with Crippen LogP contribution in [0.25, 0.3) is 0 Å².